The fraction of sp³-hybridized carbons (Fsp3) is 0.550. The van der Waals surface area contributed by atoms with E-state index in [-0.39, 0.29) is 11.9 Å². The second-order valence-electron chi connectivity index (χ2n) is 8.14. The minimum absolute atomic E-state index is 0.0989. The summed E-state index contributed by atoms with van der Waals surface area (Å²) in [6.45, 7) is 3.83. The first-order chi connectivity index (χ1) is 15.1. The quantitative estimate of drug-likeness (QED) is 0.667. The third-order valence-corrected chi connectivity index (χ3v) is 7.56. The number of anilines is 3. The van der Waals surface area contributed by atoms with Crippen LogP contribution in [-0.4, -0.2) is 86.9 Å². The molecular formula is C20H26N8O2S. The van der Waals surface area contributed by atoms with Crippen molar-refractivity contribution in [1.82, 2.24) is 24.8 Å². The van der Waals surface area contributed by atoms with Crippen molar-refractivity contribution in [3.8, 4) is 0 Å². The molecule has 0 aromatic carbocycles. The molecule has 0 bridgehead atoms. The van der Waals surface area contributed by atoms with Gasteiger partial charge in [-0.15, -0.1) is 0 Å². The molecule has 2 fully saturated rings. The number of piperazine rings is 1. The maximum atomic E-state index is 12.6. The van der Waals surface area contributed by atoms with Gasteiger partial charge in [0.25, 0.3) is 0 Å². The molecule has 31 heavy (non-hydrogen) atoms. The summed E-state index contributed by atoms with van der Waals surface area (Å²) in [5, 5.41) is 3.48. The first kappa shape index (κ1) is 20.3. The number of nitrogens with one attached hydrogen (secondary N) is 1. The van der Waals surface area contributed by atoms with E-state index in [0.29, 0.717) is 36.9 Å². The number of piperidine rings is 1. The average molecular weight is 443 g/mol. The van der Waals surface area contributed by atoms with Gasteiger partial charge in [0.1, 0.15) is 23.6 Å². The van der Waals surface area contributed by atoms with Gasteiger partial charge in [0.05, 0.1) is 0 Å². The van der Waals surface area contributed by atoms with Crippen LogP contribution in [0, 0.1) is 0 Å². The van der Waals surface area contributed by atoms with E-state index in [1.165, 1.54) is 0 Å². The zero-order valence-electron chi connectivity index (χ0n) is 17.5. The third-order valence-electron chi connectivity index (χ3n) is 6.10. The van der Waals surface area contributed by atoms with Crippen molar-refractivity contribution in [3.63, 3.8) is 0 Å². The molecule has 3 aliphatic heterocycles. The Labute approximate surface area is 184 Å². The Hall–Kier alpha value is -2.66. The smallest absolute Gasteiger partial charge is 0.228 e. The van der Waals surface area contributed by atoms with Gasteiger partial charge in [-0.1, -0.05) is 0 Å². The lowest BCUT2D eigenvalue weighted by atomic mass is 10.1. The van der Waals surface area contributed by atoms with Crippen molar-refractivity contribution in [2.45, 2.75) is 30.2 Å². The molecule has 1 unspecified atom stereocenters. The van der Waals surface area contributed by atoms with Crippen LogP contribution >= 0.6 is 0 Å². The second-order valence-corrected chi connectivity index (χ2v) is 9.65. The molecule has 5 rings (SSSR count). The number of aryl methyl sites for hydroxylation is 1. The molecule has 164 valence electrons. The van der Waals surface area contributed by atoms with Gasteiger partial charge in [-0.2, -0.15) is 4.98 Å². The van der Waals surface area contributed by atoms with E-state index in [2.05, 4.69) is 25.1 Å². The first-order valence-corrected chi connectivity index (χ1v) is 12.0. The minimum atomic E-state index is -1.08. The third kappa shape index (κ3) is 4.11. The summed E-state index contributed by atoms with van der Waals surface area (Å²) in [5.41, 5.74) is 0.879. The van der Waals surface area contributed by atoms with Crippen LogP contribution in [0.4, 0.5) is 17.6 Å². The highest BCUT2D eigenvalue weighted by atomic mass is 32.2. The van der Waals surface area contributed by atoms with Crippen molar-refractivity contribution < 1.29 is 9.35 Å². The Morgan fingerprint density at radius 3 is 2.71 bits per heavy atom. The summed E-state index contributed by atoms with van der Waals surface area (Å²) in [5.74, 6) is 3.03. The number of carbonyl (C=O) groups is 1. The lowest BCUT2D eigenvalue weighted by molar-refractivity contribution is -0.132. The van der Waals surface area contributed by atoms with Gasteiger partial charge in [0, 0.05) is 64.9 Å². The molecule has 3 aliphatic rings. The van der Waals surface area contributed by atoms with Crippen molar-refractivity contribution in [3.05, 3.63) is 24.3 Å². The fourth-order valence-electron chi connectivity index (χ4n) is 4.35. The molecule has 2 aromatic rings. The SMILES string of the molecule is CN1C[C@@H](Nc2nc(N3CCN(c4ccncn4)CC3)nc3c2[S+]([O-])CC3)CCC1=O. The zero-order valence-corrected chi connectivity index (χ0v) is 18.3. The molecule has 11 heteroatoms. The van der Waals surface area contributed by atoms with Gasteiger partial charge in [-0.25, -0.2) is 15.0 Å². The van der Waals surface area contributed by atoms with Crippen LogP contribution in [0.2, 0.25) is 0 Å². The number of fused-ring (bicyclic) bond motifs is 1. The van der Waals surface area contributed by atoms with Crippen LogP contribution in [0.3, 0.4) is 0 Å². The predicted molar refractivity (Wildman–Crippen MR) is 118 cm³/mol. The fourth-order valence-corrected chi connectivity index (χ4v) is 5.67. The normalized spacial score (nSPS) is 23.8. The number of amides is 1. The molecule has 5 heterocycles. The summed E-state index contributed by atoms with van der Waals surface area (Å²) in [6.07, 6.45) is 5.30. The van der Waals surface area contributed by atoms with Crippen LogP contribution < -0.4 is 15.1 Å². The van der Waals surface area contributed by atoms with Gasteiger partial charge >= 0.3 is 0 Å². The van der Waals surface area contributed by atoms with Gasteiger partial charge in [-0.05, 0) is 23.7 Å². The molecule has 0 saturated carbocycles. The predicted octanol–water partition coefficient (Wildman–Crippen LogP) is 0.290. The molecule has 10 nitrogen and oxygen atoms in total. The molecular weight excluding hydrogens is 416 g/mol. The van der Waals surface area contributed by atoms with Gasteiger partial charge in [0.15, 0.2) is 5.82 Å². The lowest BCUT2D eigenvalue weighted by Gasteiger charge is -2.35. The van der Waals surface area contributed by atoms with Crippen LogP contribution in [0.15, 0.2) is 23.5 Å². The number of aromatic nitrogens is 4. The van der Waals surface area contributed by atoms with Crippen LogP contribution in [0.5, 0.6) is 0 Å². The number of rotatable bonds is 4. The number of nitrogens with zero attached hydrogens (tertiary/aromatic N) is 7. The molecule has 2 atom stereocenters. The lowest BCUT2D eigenvalue weighted by Crippen LogP contribution is -2.47. The van der Waals surface area contributed by atoms with E-state index < -0.39 is 11.2 Å². The van der Waals surface area contributed by atoms with Gasteiger partial charge in [0.2, 0.25) is 16.8 Å². The van der Waals surface area contributed by atoms with E-state index in [0.717, 1.165) is 49.0 Å². The Morgan fingerprint density at radius 2 is 1.97 bits per heavy atom. The van der Waals surface area contributed by atoms with E-state index in [1.807, 2.05) is 13.1 Å². The monoisotopic (exact) mass is 442 g/mol. The Balaban J connectivity index is 1.34. The maximum absolute atomic E-state index is 12.6. The molecule has 1 N–H and O–H groups in total. The molecule has 2 saturated heterocycles. The van der Waals surface area contributed by atoms with Crippen molar-refractivity contribution in [2.24, 2.45) is 0 Å². The highest BCUT2D eigenvalue weighted by molar-refractivity contribution is 7.91. The van der Waals surface area contributed by atoms with Crippen molar-refractivity contribution in [2.75, 3.05) is 60.6 Å². The van der Waals surface area contributed by atoms with E-state index >= 15 is 0 Å². The summed E-state index contributed by atoms with van der Waals surface area (Å²) in [4.78, 5) is 36.6. The zero-order chi connectivity index (χ0) is 21.4. The summed E-state index contributed by atoms with van der Waals surface area (Å²) in [6, 6.07) is 2.02. The average Bonchev–Trinajstić information content (AvgIpc) is 3.18. The summed E-state index contributed by atoms with van der Waals surface area (Å²) >= 11 is -1.08. The number of hydrogen-bond donors (Lipinski definition) is 1. The highest BCUT2D eigenvalue weighted by Gasteiger charge is 2.35. The molecule has 2 aromatic heterocycles. The second kappa shape index (κ2) is 8.46. The van der Waals surface area contributed by atoms with E-state index in [9.17, 15) is 9.35 Å². The van der Waals surface area contributed by atoms with E-state index in [4.69, 9.17) is 9.97 Å². The van der Waals surface area contributed by atoms with E-state index in [1.54, 1.807) is 17.4 Å². The van der Waals surface area contributed by atoms with Crippen molar-refractivity contribution in [1.29, 1.82) is 0 Å². The molecule has 0 spiro atoms. The van der Waals surface area contributed by atoms with Crippen LogP contribution in [0.25, 0.3) is 0 Å². The number of carbonyl (C=O) groups excluding carboxylic acids is 1. The number of hydrogen-bond acceptors (Lipinski definition) is 9. The van der Waals surface area contributed by atoms with Crippen molar-refractivity contribution >= 4 is 34.7 Å². The largest absolute Gasteiger partial charge is 0.611 e. The summed E-state index contributed by atoms with van der Waals surface area (Å²) < 4.78 is 12.6. The van der Waals surface area contributed by atoms with Crippen LogP contribution in [0.1, 0.15) is 18.5 Å². The molecule has 1 amide bonds. The summed E-state index contributed by atoms with van der Waals surface area (Å²) in [7, 11) is 1.82. The molecule has 0 radical (unpaired) electrons. The number of likely N-dealkylation sites (tertiary alicyclic amines) is 1. The topological polar surface area (TPSA) is 113 Å². The minimum Gasteiger partial charge on any atom is -0.611 e. The molecule has 0 aliphatic carbocycles. The van der Waals surface area contributed by atoms with Crippen LogP contribution in [-0.2, 0) is 22.4 Å². The Bertz CT molecular complexity index is 954. The van der Waals surface area contributed by atoms with Gasteiger partial charge < -0.3 is 24.6 Å². The first-order valence-electron chi connectivity index (χ1n) is 10.6. The Morgan fingerprint density at radius 1 is 1.16 bits per heavy atom. The Kier molecular flexibility index (Phi) is 5.53. The maximum Gasteiger partial charge on any atom is 0.228 e. The number of likely N-dealkylation sites (N-methyl/N-ethyl adjacent to an activating group) is 1. The standard InChI is InChI=1S/C20H26N8O2S/c1-26-12-14(2-3-17(26)29)23-19-18-15(5-11-31(18)30)24-20(25-19)28-9-7-27(8-10-28)16-4-6-21-13-22-16/h4,6,13-14H,2-3,5,7-12H2,1H3,(H,23,24,25)/t14-,31?/m0/s1. The highest BCUT2D eigenvalue weighted by Crippen LogP contribution is 2.33. The van der Waals surface area contributed by atoms with Gasteiger partial charge in [-0.3, -0.25) is 4.79 Å².